The first-order valence-corrected chi connectivity index (χ1v) is 8.14. The van der Waals surface area contributed by atoms with Crippen molar-refractivity contribution in [1.29, 1.82) is 0 Å². The number of fused-ring (bicyclic) bond motifs is 1. The second kappa shape index (κ2) is 7.57. The van der Waals surface area contributed by atoms with E-state index in [1.165, 1.54) is 0 Å². The van der Waals surface area contributed by atoms with E-state index in [0.29, 0.717) is 30.3 Å². The number of aliphatic hydroxyl groups is 1. The van der Waals surface area contributed by atoms with E-state index < -0.39 is 0 Å². The summed E-state index contributed by atoms with van der Waals surface area (Å²) in [6.07, 6.45) is 0. The first-order chi connectivity index (χ1) is 11.0. The fourth-order valence-corrected chi connectivity index (χ4v) is 2.98. The van der Waals surface area contributed by atoms with Gasteiger partial charge in [0.15, 0.2) is 5.11 Å². The molecule has 0 unspecified atom stereocenters. The fraction of sp³-hybridized carbons (Fsp3) is 0.412. The van der Waals surface area contributed by atoms with Gasteiger partial charge in [-0.05, 0) is 56.2 Å². The molecule has 6 heteroatoms. The zero-order chi connectivity index (χ0) is 17.0. The first kappa shape index (κ1) is 17.4. The predicted octanol–water partition coefficient (Wildman–Crippen LogP) is 1.83. The van der Waals surface area contributed by atoms with Gasteiger partial charge in [-0.2, -0.15) is 0 Å². The molecule has 124 valence electrons. The molecule has 0 aliphatic heterocycles. The lowest BCUT2D eigenvalue weighted by Crippen LogP contribution is -2.41. The first-order valence-electron chi connectivity index (χ1n) is 7.73. The topological polar surface area (TPSA) is 68.4 Å². The third-order valence-electron chi connectivity index (χ3n) is 3.74. The molecule has 1 heterocycles. The quantitative estimate of drug-likeness (QED) is 0.729. The fourth-order valence-electron chi connectivity index (χ4n) is 2.68. The summed E-state index contributed by atoms with van der Waals surface area (Å²) in [6.45, 7) is 7.43. The van der Waals surface area contributed by atoms with E-state index in [1.807, 2.05) is 32.9 Å². The Morgan fingerprint density at radius 2 is 2.09 bits per heavy atom. The van der Waals surface area contributed by atoms with E-state index in [2.05, 4.69) is 16.4 Å². The van der Waals surface area contributed by atoms with Crippen LogP contribution in [0.15, 0.2) is 23.0 Å². The number of hydrogen-bond acceptors (Lipinski definition) is 3. The molecule has 1 aromatic heterocycles. The molecule has 2 rings (SSSR count). The highest BCUT2D eigenvalue weighted by molar-refractivity contribution is 7.80. The Labute approximate surface area is 141 Å². The van der Waals surface area contributed by atoms with E-state index in [4.69, 9.17) is 12.2 Å². The van der Waals surface area contributed by atoms with Gasteiger partial charge in [0.2, 0.25) is 0 Å². The Balaban J connectivity index is 2.40. The average Bonchev–Trinajstić information content (AvgIpc) is 2.48. The van der Waals surface area contributed by atoms with Gasteiger partial charge >= 0.3 is 0 Å². The lowest BCUT2D eigenvalue weighted by atomic mass is 10.0. The summed E-state index contributed by atoms with van der Waals surface area (Å²) >= 11 is 5.31. The normalized spacial score (nSPS) is 10.8. The Bertz CT molecular complexity index is 770. The van der Waals surface area contributed by atoms with Crippen molar-refractivity contribution in [3.63, 3.8) is 0 Å². The number of thiocarbonyl (C=S) groups is 1. The van der Waals surface area contributed by atoms with Gasteiger partial charge in [-0.25, -0.2) is 0 Å². The third-order valence-corrected chi connectivity index (χ3v) is 4.14. The van der Waals surface area contributed by atoms with Crippen molar-refractivity contribution in [1.82, 2.24) is 15.2 Å². The highest BCUT2D eigenvalue weighted by Gasteiger charge is 2.13. The summed E-state index contributed by atoms with van der Waals surface area (Å²) in [5.74, 6) is 0. The summed E-state index contributed by atoms with van der Waals surface area (Å²) < 4.78 is 0. The van der Waals surface area contributed by atoms with Gasteiger partial charge < -0.3 is 20.3 Å². The number of H-pyrrole nitrogens is 1. The molecule has 0 aliphatic carbocycles. The predicted molar refractivity (Wildman–Crippen MR) is 97.8 cm³/mol. The Hall–Kier alpha value is -1.92. The summed E-state index contributed by atoms with van der Waals surface area (Å²) in [4.78, 5) is 17.1. The highest BCUT2D eigenvalue weighted by atomic mass is 32.1. The smallest absolute Gasteiger partial charge is 0.253 e. The molecule has 0 aliphatic rings. The van der Waals surface area contributed by atoms with Crippen molar-refractivity contribution in [3.05, 3.63) is 45.2 Å². The van der Waals surface area contributed by atoms with E-state index in [1.54, 1.807) is 4.90 Å². The molecule has 5 nitrogen and oxygen atoms in total. The maximum absolute atomic E-state index is 12.4. The molecule has 0 bridgehead atoms. The number of aromatic amines is 1. The number of nitrogens with one attached hydrogen (secondary N) is 2. The van der Waals surface area contributed by atoms with Crippen LogP contribution in [-0.4, -0.2) is 39.8 Å². The number of aliphatic hydroxyl groups excluding tert-OH is 1. The number of aryl methyl sites for hydroxylation is 2. The minimum atomic E-state index is -0.121. The molecule has 0 spiro atoms. The largest absolute Gasteiger partial charge is 0.395 e. The number of rotatable bonds is 5. The van der Waals surface area contributed by atoms with Crippen LogP contribution in [0.2, 0.25) is 0 Å². The molecule has 0 saturated carbocycles. The van der Waals surface area contributed by atoms with E-state index >= 15 is 0 Å². The minimum Gasteiger partial charge on any atom is -0.395 e. The molecule has 0 saturated heterocycles. The van der Waals surface area contributed by atoms with Crippen LogP contribution in [0.25, 0.3) is 10.9 Å². The van der Waals surface area contributed by atoms with Gasteiger partial charge in [-0.15, -0.1) is 0 Å². The van der Waals surface area contributed by atoms with Crippen molar-refractivity contribution in [2.75, 3.05) is 19.7 Å². The number of pyridine rings is 1. The van der Waals surface area contributed by atoms with Gasteiger partial charge in [0.25, 0.3) is 5.56 Å². The maximum Gasteiger partial charge on any atom is 0.253 e. The molecule has 23 heavy (non-hydrogen) atoms. The van der Waals surface area contributed by atoms with Gasteiger partial charge in [0, 0.05) is 29.6 Å². The number of benzene rings is 1. The van der Waals surface area contributed by atoms with Gasteiger partial charge in [0.1, 0.15) is 0 Å². The van der Waals surface area contributed by atoms with E-state index in [0.717, 1.165) is 22.0 Å². The van der Waals surface area contributed by atoms with Crippen molar-refractivity contribution in [2.24, 2.45) is 0 Å². The summed E-state index contributed by atoms with van der Waals surface area (Å²) in [6, 6.07) is 5.99. The van der Waals surface area contributed by atoms with Crippen LogP contribution in [-0.2, 0) is 6.54 Å². The average molecular weight is 333 g/mol. The lowest BCUT2D eigenvalue weighted by molar-refractivity contribution is 0.245. The second-order valence-corrected chi connectivity index (χ2v) is 6.03. The SMILES string of the molecule is CCNC(=S)N(CCO)Cc1cc2c(C)cc(C)cc2[nH]c1=O. The number of aromatic nitrogens is 1. The lowest BCUT2D eigenvalue weighted by Gasteiger charge is -2.24. The Kier molecular flexibility index (Phi) is 5.74. The molecular weight excluding hydrogens is 310 g/mol. The maximum atomic E-state index is 12.4. The zero-order valence-electron chi connectivity index (χ0n) is 13.8. The zero-order valence-corrected chi connectivity index (χ0v) is 14.6. The monoisotopic (exact) mass is 333 g/mol. The molecule has 0 fully saturated rings. The molecule has 3 N–H and O–H groups in total. The summed E-state index contributed by atoms with van der Waals surface area (Å²) in [7, 11) is 0. The molecule has 1 aromatic carbocycles. The van der Waals surface area contributed by atoms with Crippen LogP contribution in [0.4, 0.5) is 0 Å². The summed E-state index contributed by atoms with van der Waals surface area (Å²) in [5.41, 5.74) is 3.61. The molecule has 2 aromatic rings. The Morgan fingerprint density at radius 3 is 2.74 bits per heavy atom. The Morgan fingerprint density at radius 1 is 1.35 bits per heavy atom. The molecule has 0 amide bonds. The van der Waals surface area contributed by atoms with Crippen molar-refractivity contribution in [2.45, 2.75) is 27.3 Å². The van der Waals surface area contributed by atoms with Crippen molar-refractivity contribution < 1.29 is 5.11 Å². The van der Waals surface area contributed by atoms with Gasteiger partial charge in [-0.3, -0.25) is 4.79 Å². The van der Waals surface area contributed by atoms with Crippen molar-refractivity contribution >= 4 is 28.2 Å². The van der Waals surface area contributed by atoms with E-state index in [-0.39, 0.29) is 12.2 Å². The number of hydrogen-bond donors (Lipinski definition) is 3. The van der Waals surface area contributed by atoms with Crippen molar-refractivity contribution in [3.8, 4) is 0 Å². The third kappa shape index (κ3) is 4.09. The van der Waals surface area contributed by atoms with Crippen LogP contribution in [0.1, 0.15) is 23.6 Å². The minimum absolute atomic E-state index is 0.0186. The van der Waals surface area contributed by atoms with Crippen LogP contribution in [0.3, 0.4) is 0 Å². The van der Waals surface area contributed by atoms with Crippen LogP contribution in [0, 0.1) is 13.8 Å². The molecule has 0 radical (unpaired) electrons. The highest BCUT2D eigenvalue weighted by Crippen LogP contribution is 2.19. The summed E-state index contributed by atoms with van der Waals surface area (Å²) in [5, 5.41) is 13.9. The van der Waals surface area contributed by atoms with E-state index in [9.17, 15) is 9.90 Å². The standard InChI is InChI=1S/C17H23N3O2S/c1-4-18-17(23)20(5-6-21)10-13-9-14-12(3)7-11(2)8-15(14)19-16(13)22/h7-9,21H,4-6,10H2,1-3H3,(H,18,23)(H,19,22). The van der Waals surface area contributed by atoms with Gasteiger partial charge in [-0.1, -0.05) is 6.07 Å². The van der Waals surface area contributed by atoms with Crippen LogP contribution >= 0.6 is 12.2 Å². The van der Waals surface area contributed by atoms with Crippen LogP contribution in [0.5, 0.6) is 0 Å². The van der Waals surface area contributed by atoms with Crippen LogP contribution < -0.4 is 10.9 Å². The van der Waals surface area contributed by atoms with Gasteiger partial charge in [0.05, 0.1) is 13.2 Å². The molecule has 0 atom stereocenters. The molecular formula is C17H23N3O2S. The second-order valence-electron chi connectivity index (χ2n) is 5.65. The number of nitrogens with zero attached hydrogens (tertiary/aromatic N) is 1.